The maximum absolute atomic E-state index is 12.7. The average molecular weight is 381 g/mol. The number of alkyl halides is 3. The molecule has 1 N–H and O–H groups in total. The summed E-state index contributed by atoms with van der Waals surface area (Å²) in [4.78, 5) is 20.1. The lowest BCUT2D eigenvalue weighted by atomic mass is 10.1. The van der Waals surface area contributed by atoms with Crippen LogP contribution in [0.15, 0.2) is 30.3 Å². The van der Waals surface area contributed by atoms with Gasteiger partial charge >= 0.3 is 6.18 Å². The highest BCUT2D eigenvalue weighted by atomic mass is 32.1. The van der Waals surface area contributed by atoms with Gasteiger partial charge in [0.15, 0.2) is 5.13 Å². The Labute approximate surface area is 150 Å². The van der Waals surface area contributed by atoms with Crippen LogP contribution in [0.4, 0.5) is 18.3 Å². The van der Waals surface area contributed by atoms with E-state index in [9.17, 15) is 18.0 Å². The lowest BCUT2D eigenvalue weighted by Crippen LogP contribution is -2.16. The van der Waals surface area contributed by atoms with Crippen molar-refractivity contribution in [3.63, 3.8) is 0 Å². The van der Waals surface area contributed by atoms with E-state index in [1.165, 1.54) is 18.3 Å². The van der Waals surface area contributed by atoms with Crippen LogP contribution >= 0.6 is 11.3 Å². The molecule has 2 aromatic heterocycles. The number of hydrogen-bond donors (Lipinski definition) is 1. The van der Waals surface area contributed by atoms with E-state index in [1.54, 1.807) is 12.1 Å². The second-order valence-electron chi connectivity index (χ2n) is 5.36. The fourth-order valence-corrected chi connectivity index (χ4v) is 3.23. The SMILES string of the molecule is CCOc1ccc2nc(NC(=O)c3ccc(C(F)(F)F)nc3C)sc2c1. The van der Waals surface area contributed by atoms with Crippen molar-refractivity contribution in [1.29, 1.82) is 0 Å². The summed E-state index contributed by atoms with van der Waals surface area (Å²) in [6.45, 7) is 3.77. The molecule has 9 heteroatoms. The van der Waals surface area contributed by atoms with Crippen molar-refractivity contribution in [2.24, 2.45) is 0 Å². The number of carbonyl (C=O) groups excluding carboxylic acids is 1. The fraction of sp³-hybridized carbons (Fsp3) is 0.235. The predicted octanol–water partition coefficient (Wildman–Crippen LogP) is 4.67. The summed E-state index contributed by atoms with van der Waals surface area (Å²) in [5.74, 6) is 0.136. The van der Waals surface area contributed by atoms with Gasteiger partial charge in [0.1, 0.15) is 11.4 Å². The normalized spacial score (nSPS) is 11.6. The van der Waals surface area contributed by atoms with Gasteiger partial charge < -0.3 is 4.74 Å². The number of aromatic nitrogens is 2. The first-order valence-electron chi connectivity index (χ1n) is 7.67. The van der Waals surface area contributed by atoms with Crippen LogP contribution in [0.3, 0.4) is 0 Å². The van der Waals surface area contributed by atoms with Crippen molar-refractivity contribution in [3.05, 3.63) is 47.3 Å². The number of aryl methyl sites for hydroxylation is 1. The maximum Gasteiger partial charge on any atom is 0.433 e. The molecule has 0 saturated heterocycles. The number of anilines is 1. The number of hydrogen-bond acceptors (Lipinski definition) is 5. The molecule has 0 bridgehead atoms. The molecule has 0 atom stereocenters. The first-order valence-corrected chi connectivity index (χ1v) is 8.49. The number of rotatable bonds is 4. The Morgan fingerprint density at radius 2 is 2.00 bits per heavy atom. The molecular weight excluding hydrogens is 367 g/mol. The van der Waals surface area contributed by atoms with Gasteiger partial charge in [-0.3, -0.25) is 10.1 Å². The number of ether oxygens (including phenoxy) is 1. The third kappa shape index (κ3) is 3.77. The Morgan fingerprint density at radius 3 is 2.65 bits per heavy atom. The molecule has 0 saturated carbocycles. The summed E-state index contributed by atoms with van der Waals surface area (Å²) in [7, 11) is 0. The van der Waals surface area contributed by atoms with Crippen molar-refractivity contribution < 1.29 is 22.7 Å². The highest BCUT2D eigenvalue weighted by molar-refractivity contribution is 7.22. The van der Waals surface area contributed by atoms with Crippen LogP contribution < -0.4 is 10.1 Å². The van der Waals surface area contributed by atoms with Gasteiger partial charge in [0, 0.05) is 0 Å². The summed E-state index contributed by atoms with van der Waals surface area (Å²) >= 11 is 1.25. The van der Waals surface area contributed by atoms with Crippen molar-refractivity contribution in [2.75, 3.05) is 11.9 Å². The molecule has 0 spiro atoms. The monoisotopic (exact) mass is 381 g/mol. The van der Waals surface area contributed by atoms with Crippen molar-refractivity contribution in [3.8, 4) is 5.75 Å². The lowest BCUT2D eigenvalue weighted by molar-refractivity contribution is -0.141. The summed E-state index contributed by atoms with van der Waals surface area (Å²) in [6, 6.07) is 7.27. The number of fused-ring (bicyclic) bond motifs is 1. The van der Waals surface area contributed by atoms with Gasteiger partial charge in [0.05, 0.1) is 28.1 Å². The zero-order chi connectivity index (χ0) is 18.9. The number of amides is 1. The molecule has 1 aromatic carbocycles. The third-order valence-corrected chi connectivity index (χ3v) is 4.45. The van der Waals surface area contributed by atoms with Gasteiger partial charge in [0.25, 0.3) is 5.91 Å². The molecular formula is C17H14F3N3O2S. The molecule has 1 amide bonds. The Hall–Kier alpha value is -2.68. The fourth-order valence-electron chi connectivity index (χ4n) is 2.34. The van der Waals surface area contributed by atoms with E-state index >= 15 is 0 Å². The Bertz CT molecular complexity index is 970. The van der Waals surface area contributed by atoms with Gasteiger partial charge in [-0.05, 0) is 44.2 Å². The summed E-state index contributed by atoms with van der Waals surface area (Å²) < 4.78 is 44.3. The van der Waals surface area contributed by atoms with Crippen LogP contribution in [-0.2, 0) is 6.18 Å². The molecule has 136 valence electrons. The van der Waals surface area contributed by atoms with Crippen LogP contribution in [0.5, 0.6) is 5.75 Å². The van der Waals surface area contributed by atoms with E-state index in [4.69, 9.17) is 4.74 Å². The zero-order valence-corrected chi connectivity index (χ0v) is 14.7. The van der Waals surface area contributed by atoms with Crippen molar-refractivity contribution >= 4 is 32.6 Å². The molecule has 5 nitrogen and oxygen atoms in total. The van der Waals surface area contributed by atoms with Crippen molar-refractivity contribution in [1.82, 2.24) is 9.97 Å². The van der Waals surface area contributed by atoms with Gasteiger partial charge in [-0.2, -0.15) is 13.2 Å². The molecule has 3 aromatic rings. The highest BCUT2D eigenvalue weighted by Crippen LogP contribution is 2.30. The number of carbonyl (C=O) groups is 1. The van der Waals surface area contributed by atoms with E-state index in [0.717, 1.165) is 16.8 Å². The Balaban J connectivity index is 1.82. The van der Waals surface area contributed by atoms with Gasteiger partial charge in [0.2, 0.25) is 0 Å². The summed E-state index contributed by atoms with van der Waals surface area (Å²) in [5, 5.41) is 2.95. The minimum atomic E-state index is -4.55. The molecule has 3 rings (SSSR count). The van der Waals surface area contributed by atoms with E-state index in [1.807, 2.05) is 13.0 Å². The second-order valence-corrected chi connectivity index (χ2v) is 6.39. The van der Waals surface area contributed by atoms with Crippen LogP contribution in [0, 0.1) is 6.92 Å². The minimum Gasteiger partial charge on any atom is -0.494 e. The topological polar surface area (TPSA) is 64.1 Å². The molecule has 0 fully saturated rings. The number of nitrogens with one attached hydrogen (secondary N) is 1. The zero-order valence-electron chi connectivity index (χ0n) is 13.8. The van der Waals surface area contributed by atoms with Crippen molar-refractivity contribution in [2.45, 2.75) is 20.0 Å². The molecule has 0 aliphatic heterocycles. The highest BCUT2D eigenvalue weighted by Gasteiger charge is 2.33. The maximum atomic E-state index is 12.7. The Morgan fingerprint density at radius 1 is 1.23 bits per heavy atom. The average Bonchev–Trinajstić information content (AvgIpc) is 2.95. The largest absolute Gasteiger partial charge is 0.494 e. The summed E-state index contributed by atoms with van der Waals surface area (Å²) in [5.41, 5.74) is -0.282. The molecule has 2 heterocycles. The number of benzene rings is 1. The molecule has 0 unspecified atom stereocenters. The first kappa shape index (κ1) is 18.1. The third-order valence-electron chi connectivity index (χ3n) is 3.51. The quantitative estimate of drug-likeness (QED) is 0.713. The molecule has 26 heavy (non-hydrogen) atoms. The standard InChI is InChI=1S/C17H14F3N3O2S/c1-3-25-10-4-6-12-13(8-10)26-16(22-12)23-15(24)11-5-7-14(17(18,19)20)21-9(11)2/h4-8H,3H2,1-2H3,(H,22,23,24). The number of pyridine rings is 1. The lowest BCUT2D eigenvalue weighted by Gasteiger charge is -2.09. The van der Waals surface area contributed by atoms with Crippen LogP contribution in [0.2, 0.25) is 0 Å². The summed E-state index contributed by atoms with van der Waals surface area (Å²) in [6.07, 6.45) is -4.55. The minimum absolute atomic E-state index is 0.00271. The second kappa shape index (κ2) is 6.91. The van der Waals surface area contributed by atoms with E-state index in [2.05, 4.69) is 15.3 Å². The molecule has 0 radical (unpaired) electrons. The van der Waals surface area contributed by atoms with Gasteiger partial charge in [-0.25, -0.2) is 9.97 Å². The molecule has 0 aliphatic carbocycles. The van der Waals surface area contributed by atoms with E-state index < -0.39 is 17.8 Å². The predicted molar refractivity (Wildman–Crippen MR) is 92.7 cm³/mol. The van der Waals surface area contributed by atoms with E-state index in [0.29, 0.717) is 23.0 Å². The first-order chi connectivity index (χ1) is 12.3. The van der Waals surface area contributed by atoms with E-state index in [-0.39, 0.29) is 11.3 Å². The van der Waals surface area contributed by atoms with Gasteiger partial charge in [-0.15, -0.1) is 0 Å². The van der Waals surface area contributed by atoms with Crippen LogP contribution in [-0.4, -0.2) is 22.5 Å². The smallest absolute Gasteiger partial charge is 0.433 e. The van der Waals surface area contributed by atoms with Gasteiger partial charge in [-0.1, -0.05) is 11.3 Å². The number of thiazole rings is 1. The van der Waals surface area contributed by atoms with Crippen LogP contribution in [0.25, 0.3) is 10.2 Å². The Kier molecular flexibility index (Phi) is 4.82. The number of halogens is 3. The molecule has 0 aliphatic rings. The van der Waals surface area contributed by atoms with Crippen LogP contribution in [0.1, 0.15) is 28.7 Å². The number of nitrogens with zero attached hydrogens (tertiary/aromatic N) is 2.